The van der Waals surface area contributed by atoms with Crippen LogP contribution in [0, 0.1) is 10.1 Å². The second-order valence-electron chi connectivity index (χ2n) is 5.65. The van der Waals surface area contributed by atoms with Gasteiger partial charge in [0.1, 0.15) is 6.54 Å². The Morgan fingerprint density at radius 1 is 1.22 bits per heavy atom. The first-order valence-electron chi connectivity index (χ1n) is 7.69. The molecule has 27 heavy (non-hydrogen) atoms. The van der Waals surface area contributed by atoms with Gasteiger partial charge in [-0.15, -0.1) is 0 Å². The molecular weight excluding hydrogens is 395 g/mol. The molecule has 0 radical (unpaired) electrons. The number of benzene rings is 2. The van der Waals surface area contributed by atoms with E-state index < -0.39 is 16.4 Å². The summed E-state index contributed by atoms with van der Waals surface area (Å²) in [4.78, 5) is 38.8. The highest BCUT2D eigenvalue weighted by molar-refractivity contribution is 6.35. The van der Waals surface area contributed by atoms with Gasteiger partial charge in [0, 0.05) is 28.7 Å². The summed E-state index contributed by atoms with van der Waals surface area (Å²) < 4.78 is 1.13. The van der Waals surface area contributed by atoms with Crippen LogP contribution in [0.1, 0.15) is 5.56 Å². The largest absolute Gasteiger partial charge is 0.350 e. The minimum absolute atomic E-state index is 0.162. The number of rotatable bonds is 5. The van der Waals surface area contributed by atoms with Crippen molar-refractivity contribution in [1.82, 2.24) is 14.9 Å². The molecule has 0 aliphatic heterocycles. The molecule has 0 saturated heterocycles. The van der Waals surface area contributed by atoms with Gasteiger partial charge in [-0.2, -0.15) is 0 Å². The molecule has 1 heterocycles. The number of carbonyl (C=O) groups is 1. The second-order valence-corrected chi connectivity index (χ2v) is 6.49. The lowest BCUT2D eigenvalue weighted by Crippen LogP contribution is -2.32. The molecule has 8 nitrogen and oxygen atoms in total. The lowest BCUT2D eigenvalue weighted by molar-refractivity contribution is -0.384. The minimum atomic E-state index is -0.567. The topological polar surface area (TPSA) is 107 Å². The first-order valence-corrected chi connectivity index (χ1v) is 8.45. The van der Waals surface area contributed by atoms with Crippen LogP contribution in [0.3, 0.4) is 0 Å². The lowest BCUT2D eigenvalue weighted by atomic mass is 10.2. The molecule has 0 unspecified atom stereocenters. The van der Waals surface area contributed by atoms with E-state index in [9.17, 15) is 19.7 Å². The molecule has 0 saturated carbocycles. The Labute approximate surface area is 162 Å². The molecule has 1 aromatic heterocycles. The van der Waals surface area contributed by atoms with E-state index in [0.29, 0.717) is 15.6 Å². The monoisotopic (exact) mass is 406 g/mol. The van der Waals surface area contributed by atoms with Gasteiger partial charge in [-0.05, 0) is 23.8 Å². The summed E-state index contributed by atoms with van der Waals surface area (Å²) in [5.41, 5.74) is 0.254. The van der Waals surface area contributed by atoms with Crippen LogP contribution in [0.15, 0.2) is 47.5 Å². The third-order valence-electron chi connectivity index (χ3n) is 3.82. The molecule has 1 amide bonds. The second kappa shape index (κ2) is 7.73. The molecule has 3 aromatic rings. The average molecular weight is 407 g/mol. The van der Waals surface area contributed by atoms with E-state index in [1.807, 2.05) is 0 Å². The average Bonchev–Trinajstić information content (AvgIpc) is 2.63. The first-order chi connectivity index (χ1) is 12.8. The zero-order valence-corrected chi connectivity index (χ0v) is 15.2. The van der Waals surface area contributed by atoms with Crippen molar-refractivity contribution in [1.29, 1.82) is 0 Å². The number of aromatic nitrogens is 2. The summed E-state index contributed by atoms with van der Waals surface area (Å²) in [6.45, 7) is -0.0687. The van der Waals surface area contributed by atoms with Crippen LogP contribution >= 0.6 is 23.2 Å². The summed E-state index contributed by atoms with van der Waals surface area (Å²) in [5, 5.41) is 14.6. The van der Waals surface area contributed by atoms with Gasteiger partial charge in [0.05, 0.1) is 22.2 Å². The lowest BCUT2D eigenvalue weighted by Gasteiger charge is -2.09. The van der Waals surface area contributed by atoms with E-state index in [2.05, 4.69) is 10.3 Å². The van der Waals surface area contributed by atoms with Crippen molar-refractivity contribution in [3.8, 4) is 0 Å². The van der Waals surface area contributed by atoms with Crippen LogP contribution in [0.4, 0.5) is 5.69 Å². The molecule has 138 valence electrons. The molecule has 1 N–H and O–H groups in total. The number of nitrogens with one attached hydrogen (secondary N) is 1. The highest BCUT2D eigenvalue weighted by Crippen LogP contribution is 2.20. The van der Waals surface area contributed by atoms with Gasteiger partial charge in [0.2, 0.25) is 5.91 Å². The number of halogens is 2. The number of hydrogen-bond acceptors (Lipinski definition) is 5. The number of carbonyl (C=O) groups excluding carboxylic acids is 1. The fourth-order valence-corrected chi connectivity index (χ4v) is 2.92. The van der Waals surface area contributed by atoms with Crippen molar-refractivity contribution < 1.29 is 9.72 Å². The molecule has 0 aliphatic carbocycles. The summed E-state index contributed by atoms with van der Waals surface area (Å²) >= 11 is 11.9. The van der Waals surface area contributed by atoms with Gasteiger partial charge >= 0.3 is 0 Å². The molecule has 10 heteroatoms. The predicted molar refractivity (Wildman–Crippen MR) is 101 cm³/mol. The van der Waals surface area contributed by atoms with Crippen molar-refractivity contribution >= 4 is 45.7 Å². The Bertz CT molecular complexity index is 1110. The van der Waals surface area contributed by atoms with Gasteiger partial charge in [0.15, 0.2) is 0 Å². The van der Waals surface area contributed by atoms with Gasteiger partial charge in [-0.3, -0.25) is 24.3 Å². The van der Waals surface area contributed by atoms with E-state index in [-0.39, 0.29) is 29.7 Å². The summed E-state index contributed by atoms with van der Waals surface area (Å²) in [5.74, 6) is -0.411. The Balaban J connectivity index is 1.74. The molecule has 3 rings (SSSR count). The van der Waals surface area contributed by atoms with Gasteiger partial charge in [0.25, 0.3) is 11.2 Å². The number of hydrogen-bond donors (Lipinski definition) is 1. The summed E-state index contributed by atoms with van der Waals surface area (Å²) in [7, 11) is 0. The molecule has 0 aliphatic rings. The highest BCUT2D eigenvalue weighted by Gasteiger charge is 2.12. The summed E-state index contributed by atoms with van der Waals surface area (Å²) in [6.07, 6.45) is 1.18. The highest BCUT2D eigenvalue weighted by atomic mass is 35.5. The molecule has 0 fully saturated rings. The number of nitro groups is 1. The summed E-state index contributed by atoms with van der Waals surface area (Å²) in [6, 6.07) is 8.68. The Morgan fingerprint density at radius 2 is 2.00 bits per heavy atom. The molecule has 0 spiro atoms. The van der Waals surface area contributed by atoms with E-state index in [0.717, 1.165) is 4.57 Å². The smallest absolute Gasteiger partial charge is 0.271 e. The normalized spacial score (nSPS) is 10.7. The van der Waals surface area contributed by atoms with Crippen molar-refractivity contribution in [2.75, 3.05) is 0 Å². The van der Waals surface area contributed by atoms with Gasteiger partial charge in [-0.25, -0.2) is 4.98 Å². The Kier molecular flexibility index (Phi) is 5.38. The van der Waals surface area contributed by atoms with Crippen molar-refractivity contribution in [2.45, 2.75) is 13.1 Å². The fraction of sp³-hybridized carbons (Fsp3) is 0.118. The standard InChI is InChI=1S/C17H12Cl2N4O4/c18-11-2-1-10(14(19)5-11)7-20-16(24)8-22-9-21-15-6-12(23(26)27)3-4-13(15)17(22)25/h1-6,9H,7-8H2,(H,20,24). The fourth-order valence-electron chi connectivity index (χ4n) is 2.44. The van der Waals surface area contributed by atoms with E-state index in [4.69, 9.17) is 23.2 Å². The van der Waals surface area contributed by atoms with Crippen LogP contribution in [-0.4, -0.2) is 20.4 Å². The zero-order valence-electron chi connectivity index (χ0n) is 13.7. The van der Waals surface area contributed by atoms with Gasteiger partial charge in [-0.1, -0.05) is 29.3 Å². The van der Waals surface area contributed by atoms with E-state index >= 15 is 0 Å². The number of nitro benzene ring substituents is 1. The van der Waals surface area contributed by atoms with E-state index in [1.54, 1.807) is 18.2 Å². The number of nitrogens with zero attached hydrogens (tertiary/aromatic N) is 3. The maximum Gasteiger partial charge on any atom is 0.271 e. The maximum absolute atomic E-state index is 12.4. The minimum Gasteiger partial charge on any atom is -0.350 e. The Morgan fingerprint density at radius 3 is 2.70 bits per heavy atom. The number of fused-ring (bicyclic) bond motifs is 1. The van der Waals surface area contributed by atoms with Crippen molar-refractivity contribution in [3.05, 3.63) is 78.8 Å². The van der Waals surface area contributed by atoms with E-state index in [1.165, 1.54) is 24.5 Å². The molecule has 0 bridgehead atoms. The molecular formula is C17H12Cl2N4O4. The number of non-ortho nitro benzene ring substituents is 1. The third-order valence-corrected chi connectivity index (χ3v) is 4.41. The van der Waals surface area contributed by atoms with Crippen LogP contribution in [0.2, 0.25) is 10.0 Å². The molecule has 2 aromatic carbocycles. The predicted octanol–water partition coefficient (Wildman–Crippen LogP) is 2.93. The van der Waals surface area contributed by atoms with Crippen LogP contribution in [0.5, 0.6) is 0 Å². The van der Waals surface area contributed by atoms with Crippen molar-refractivity contribution in [2.24, 2.45) is 0 Å². The zero-order chi connectivity index (χ0) is 19.6. The van der Waals surface area contributed by atoms with Crippen LogP contribution < -0.4 is 10.9 Å². The van der Waals surface area contributed by atoms with Gasteiger partial charge < -0.3 is 5.32 Å². The van der Waals surface area contributed by atoms with Crippen molar-refractivity contribution in [3.63, 3.8) is 0 Å². The Hall–Kier alpha value is -2.97. The maximum atomic E-state index is 12.4. The molecule has 0 atom stereocenters. The quantitative estimate of drug-likeness (QED) is 0.517. The first kappa shape index (κ1) is 18.8. The third kappa shape index (κ3) is 4.24. The SMILES string of the molecule is O=C(Cn1cnc2cc([N+](=O)[O-])ccc2c1=O)NCc1ccc(Cl)cc1Cl. The van der Waals surface area contributed by atoms with Crippen LogP contribution in [0.25, 0.3) is 10.9 Å². The number of amides is 1. The van der Waals surface area contributed by atoms with Crippen LogP contribution in [-0.2, 0) is 17.9 Å².